The number of rotatable bonds is 5. The van der Waals surface area contributed by atoms with Crippen molar-refractivity contribution in [1.29, 1.82) is 0 Å². The number of ether oxygens (including phenoxy) is 2. The number of benzene rings is 1. The van der Waals surface area contributed by atoms with Crippen LogP contribution in [0.25, 0.3) is 0 Å². The highest BCUT2D eigenvalue weighted by Crippen LogP contribution is 2.28. The highest BCUT2D eigenvalue weighted by molar-refractivity contribution is 7.89. The van der Waals surface area contributed by atoms with Gasteiger partial charge >= 0.3 is 0 Å². The van der Waals surface area contributed by atoms with Crippen LogP contribution >= 0.6 is 0 Å². The molecule has 3 heterocycles. The topological polar surface area (TPSA) is 67.9 Å². The summed E-state index contributed by atoms with van der Waals surface area (Å²) in [4.78, 5) is 2.84. The third-order valence-corrected chi connectivity index (χ3v) is 7.03. The molecule has 4 rings (SSSR count). The lowest BCUT2D eigenvalue weighted by Crippen LogP contribution is -2.43. The lowest BCUT2D eigenvalue weighted by molar-refractivity contribution is 0.111. The molecular weight excluding hydrogens is 340 g/mol. The van der Waals surface area contributed by atoms with Gasteiger partial charge in [0.1, 0.15) is 5.75 Å². The third-order valence-electron chi connectivity index (χ3n) is 5.60. The molecule has 0 aromatic heterocycles. The quantitative estimate of drug-likeness (QED) is 0.853. The van der Waals surface area contributed by atoms with Crippen LogP contribution in [0.5, 0.6) is 5.75 Å². The van der Waals surface area contributed by atoms with E-state index >= 15 is 0 Å². The molecule has 0 amide bonds. The summed E-state index contributed by atoms with van der Waals surface area (Å²) >= 11 is 0. The summed E-state index contributed by atoms with van der Waals surface area (Å²) in [5.74, 6) is 1.22. The normalized spacial score (nSPS) is 25.0. The van der Waals surface area contributed by atoms with Gasteiger partial charge in [-0.15, -0.1) is 0 Å². The summed E-state index contributed by atoms with van der Waals surface area (Å²) in [6.07, 6.45) is 3.98. The van der Waals surface area contributed by atoms with Crippen LogP contribution in [0.3, 0.4) is 0 Å². The van der Waals surface area contributed by atoms with E-state index < -0.39 is 10.0 Å². The molecule has 0 spiro atoms. The van der Waals surface area contributed by atoms with Crippen molar-refractivity contribution in [3.8, 4) is 5.75 Å². The van der Waals surface area contributed by atoms with E-state index in [4.69, 9.17) is 9.47 Å². The van der Waals surface area contributed by atoms with Crippen molar-refractivity contribution in [2.75, 3.05) is 39.5 Å². The standard InChI is InChI=1S/C18H26N2O4S/c21-25(22,17-1-2-18-15(11-17)5-10-24-18)19-12-14-3-7-20(8-4-14)16-6-9-23-13-16/h1-2,11,14,16,19H,3-10,12-13H2/t16-/m0/s1. The minimum Gasteiger partial charge on any atom is -0.493 e. The van der Waals surface area contributed by atoms with Gasteiger partial charge in [0, 0.05) is 25.6 Å². The Balaban J connectivity index is 1.30. The average Bonchev–Trinajstić information content (AvgIpc) is 3.31. The van der Waals surface area contributed by atoms with E-state index in [1.165, 1.54) is 0 Å². The average molecular weight is 366 g/mol. The van der Waals surface area contributed by atoms with Gasteiger partial charge in [0.05, 0.1) is 18.1 Å². The Hall–Kier alpha value is -1.15. The van der Waals surface area contributed by atoms with Crippen LogP contribution in [-0.2, 0) is 21.2 Å². The molecule has 2 fully saturated rings. The molecule has 0 bridgehead atoms. The van der Waals surface area contributed by atoms with Crippen LogP contribution in [0.1, 0.15) is 24.8 Å². The number of sulfonamides is 1. The van der Waals surface area contributed by atoms with Crippen LogP contribution in [0.4, 0.5) is 0 Å². The van der Waals surface area contributed by atoms with Crippen molar-refractivity contribution < 1.29 is 17.9 Å². The van der Waals surface area contributed by atoms with E-state index in [-0.39, 0.29) is 0 Å². The zero-order valence-electron chi connectivity index (χ0n) is 14.4. The van der Waals surface area contributed by atoms with Crippen LogP contribution < -0.4 is 9.46 Å². The number of hydrogen-bond donors (Lipinski definition) is 1. The number of nitrogens with zero attached hydrogens (tertiary/aromatic N) is 1. The molecule has 0 unspecified atom stereocenters. The first-order valence-electron chi connectivity index (χ1n) is 9.19. The Morgan fingerprint density at radius 3 is 2.76 bits per heavy atom. The van der Waals surface area contributed by atoms with Crippen LogP contribution in [0, 0.1) is 5.92 Å². The molecule has 6 nitrogen and oxygen atoms in total. The van der Waals surface area contributed by atoms with Gasteiger partial charge in [-0.05, 0) is 62.0 Å². The molecule has 25 heavy (non-hydrogen) atoms. The Bertz CT molecular complexity index is 708. The van der Waals surface area contributed by atoms with Gasteiger partial charge in [-0.25, -0.2) is 13.1 Å². The first-order valence-corrected chi connectivity index (χ1v) is 10.7. The lowest BCUT2D eigenvalue weighted by atomic mass is 9.96. The molecule has 3 aliphatic heterocycles. The van der Waals surface area contributed by atoms with Gasteiger partial charge in [-0.1, -0.05) is 0 Å². The fourth-order valence-electron chi connectivity index (χ4n) is 3.97. The van der Waals surface area contributed by atoms with Gasteiger partial charge in [0.25, 0.3) is 0 Å². The second-order valence-electron chi connectivity index (χ2n) is 7.22. The molecular formula is C18H26N2O4S. The van der Waals surface area contributed by atoms with Crippen molar-refractivity contribution in [2.24, 2.45) is 5.92 Å². The molecule has 0 aliphatic carbocycles. The fraction of sp³-hybridized carbons (Fsp3) is 0.667. The number of fused-ring (bicyclic) bond motifs is 1. The maximum Gasteiger partial charge on any atom is 0.240 e. The van der Waals surface area contributed by atoms with E-state index in [2.05, 4.69) is 9.62 Å². The van der Waals surface area contributed by atoms with Crippen molar-refractivity contribution in [3.63, 3.8) is 0 Å². The Morgan fingerprint density at radius 1 is 1.16 bits per heavy atom. The summed E-state index contributed by atoms with van der Waals surface area (Å²) in [6, 6.07) is 5.70. The molecule has 7 heteroatoms. The van der Waals surface area contributed by atoms with Gasteiger partial charge in [-0.3, -0.25) is 4.90 Å². The Labute approximate surface area is 149 Å². The van der Waals surface area contributed by atoms with E-state index in [1.807, 2.05) is 0 Å². The minimum absolute atomic E-state index is 0.345. The zero-order valence-corrected chi connectivity index (χ0v) is 15.3. The largest absolute Gasteiger partial charge is 0.493 e. The summed E-state index contributed by atoms with van der Waals surface area (Å²) in [5, 5.41) is 0. The van der Waals surface area contributed by atoms with E-state index in [0.717, 1.165) is 63.3 Å². The number of nitrogens with one attached hydrogen (secondary N) is 1. The van der Waals surface area contributed by atoms with E-state index in [9.17, 15) is 8.42 Å². The third kappa shape index (κ3) is 3.84. The summed E-state index contributed by atoms with van der Waals surface area (Å²) in [7, 11) is -3.45. The number of likely N-dealkylation sites (tertiary alicyclic amines) is 1. The van der Waals surface area contributed by atoms with Crippen LogP contribution in [0.2, 0.25) is 0 Å². The second-order valence-corrected chi connectivity index (χ2v) is 8.98. The summed E-state index contributed by atoms with van der Waals surface area (Å²) in [5.41, 5.74) is 0.981. The number of hydrogen-bond acceptors (Lipinski definition) is 5. The molecule has 1 atom stereocenters. The Morgan fingerprint density at radius 2 is 2.00 bits per heavy atom. The van der Waals surface area contributed by atoms with Crippen molar-refractivity contribution in [2.45, 2.75) is 36.6 Å². The predicted molar refractivity (Wildman–Crippen MR) is 94.4 cm³/mol. The van der Waals surface area contributed by atoms with Crippen LogP contribution in [0.15, 0.2) is 23.1 Å². The summed E-state index contributed by atoms with van der Waals surface area (Å²) < 4.78 is 38.9. The molecule has 2 saturated heterocycles. The highest BCUT2D eigenvalue weighted by atomic mass is 32.2. The highest BCUT2D eigenvalue weighted by Gasteiger charge is 2.28. The van der Waals surface area contributed by atoms with Crippen LogP contribution in [-0.4, -0.2) is 58.8 Å². The molecule has 3 aliphatic rings. The fourth-order valence-corrected chi connectivity index (χ4v) is 5.14. The van der Waals surface area contributed by atoms with E-state index in [0.29, 0.717) is 30.0 Å². The molecule has 1 aromatic carbocycles. The molecule has 1 aromatic rings. The smallest absolute Gasteiger partial charge is 0.240 e. The SMILES string of the molecule is O=S(=O)(NCC1CCN([C@H]2CCOC2)CC1)c1ccc2c(c1)CCO2. The van der Waals surface area contributed by atoms with Gasteiger partial charge in [0.15, 0.2) is 0 Å². The van der Waals surface area contributed by atoms with Gasteiger partial charge < -0.3 is 9.47 Å². The van der Waals surface area contributed by atoms with Crippen molar-refractivity contribution >= 4 is 10.0 Å². The van der Waals surface area contributed by atoms with Gasteiger partial charge in [-0.2, -0.15) is 0 Å². The maximum atomic E-state index is 12.6. The maximum absolute atomic E-state index is 12.6. The molecule has 1 N–H and O–H groups in total. The minimum atomic E-state index is -3.45. The van der Waals surface area contributed by atoms with Crippen molar-refractivity contribution in [3.05, 3.63) is 23.8 Å². The van der Waals surface area contributed by atoms with Crippen molar-refractivity contribution in [1.82, 2.24) is 9.62 Å². The summed E-state index contributed by atoms with van der Waals surface area (Å²) in [6.45, 7) is 4.95. The second kappa shape index (κ2) is 7.23. The molecule has 0 radical (unpaired) electrons. The van der Waals surface area contributed by atoms with Gasteiger partial charge in [0.2, 0.25) is 10.0 Å². The monoisotopic (exact) mass is 366 g/mol. The van der Waals surface area contributed by atoms with E-state index in [1.54, 1.807) is 18.2 Å². The lowest BCUT2D eigenvalue weighted by Gasteiger charge is -2.35. The molecule has 138 valence electrons. The predicted octanol–water partition coefficient (Wildman–Crippen LogP) is 1.40. The first kappa shape index (κ1) is 17.3. The number of piperidine rings is 1. The molecule has 0 saturated carbocycles. The first-order chi connectivity index (χ1) is 12.1. The zero-order chi connectivity index (χ0) is 17.3. The Kier molecular flexibility index (Phi) is 4.99.